The highest BCUT2D eigenvalue weighted by atomic mass is 16.6. The third kappa shape index (κ3) is 2.97. The standard InChI is InChI=1S/C14H19N3O4/c1-14(2)9-15(3)6-7-16(14)13(19)11-8-10(17(20)21)4-5-12(11)18/h4-5,8,18H,6-7,9H2,1-3H3. The Labute approximate surface area is 122 Å². The fourth-order valence-electron chi connectivity index (χ4n) is 2.73. The van der Waals surface area contributed by atoms with Crippen LogP contribution in [0.1, 0.15) is 24.2 Å². The Morgan fingerprint density at radius 2 is 2.05 bits per heavy atom. The molecule has 0 saturated carbocycles. The average molecular weight is 293 g/mol. The second kappa shape index (κ2) is 5.33. The number of phenolic OH excluding ortho intramolecular Hbond substituents is 1. The van der Waals surface area contributed by atoms with Crippen LogP contribution in [0.5, 0.6) is 5.75 Å². The number of phenols is 1. The molecular formula is C14H19N3O4. The number of nitro groups is 1. The highest BCUT2D eigenvalue weighted by Crippen LogP contribution is 2.28. The highest BCUT2D eigenvalue weighted by molar-refractivity contribution is 5.98. The second-order valence-corrected chi connectivity index (χ2v) is 5.97. The van der Waals surface area contributed by atoms with Crippen LogP contribution in [0, 0.1) is 10.1 Å². The van der Waals surface area contributed by atoms with Gasteiger partial charge >= 0.3 is 0 Å². The quantitative estimate of drug-likeness (QED) is 0.659. The zero-order valence-electron chi connectivity index (χ0n) is 12.4. The molecular weight excluding hydrogens is 274 g/mol. The summed E-state index contributed by atoms with van der Waals surface area (Å²) >= 11 is 0. The van der Waals surface area contributed by atoms with Crippen LogP contribution in [0.25, 0.3) is 0 Å². The number of rotatable bonds is 2. The number of hydrogen-bond acceptors (Lipinski definition) is 5. The van der Waals surface area contributed by atoms with Gasteiger partial charge < -0.3 is 14.9 Å². The molecule has 1 aromatic rings. The van der Waals surface area contributed by atoms with Gasteiger partial charge in [-0.2, -0.15) is 0 Å². The summed E-state index contributed by atoms with van der Waals surface area (Å²) in [6.45, 7) is 5.83. The molecule has 1 fully saturated rings. The van der Waals surface area contributed by atoms with Gasteiger partial charge in [0.15, 0.2) is 0 Å². The van der Waals surface area contributed by atoms with Crippen molar-refractivity contribution >= 4 is 11.6 Å². The molecule has 1 aliphatic heterocycles. The molecule has 1 aromatic carbocycles. The Bertz CT molecular complexity index is 586. The molecule has 21 heavy (non-hydrogen) atoms. The fraction of sp³-hybridized carbons (Fsp3) is 0.500. The molecule has 1 saturated heterocycles. The zero-order chi connectivity index (χ0) is 15.8. The minimum atomic E-state index is -0.578. The second-order valence-electron chi connectivity index (χ2n) is 5.97. The normalized spacial score (nSPS) is 18.5. The monoisotopic (exact) mass is 293 g/mol. The van der Waals surface area contributed by atoms with Crippen molar-refractivity contribution < 1.29 is 14.8 Å². The van der Waals surface area contributed by atoms with Crippen LogP contribution in [-0.2, 0) is 0 Å². The van der Waals surface area contributed by atoms with Gasteiger partial charge in [-0.15, -0.1) is 0 Å². The first-order chi connectivity index (χ1) is 9.72. The number of carbonyl (C=O) groups is 1. The van der Waals surface area contributed by atoms with Crippen LogP contribution >= 0.6 is 0 Å². The van der Waals surface area contributed by atoms with Gasteiger partial charge in [-0.05, 0) is 27.0 Å². The van der Waals surface area contributed by atoms with Crippen LogP contribution in [0.2, 0.25) is 0 Å². The molecule has 0 bridgehead atoms. The van der Waals surface area contributed by atoms with E-state index in [1.54, 1.807) is 4.90 Å². The van der Waals surface area contributed by atoms with Crippen molar-refractivity contribution in [1.82, 2.24) is 9.80 Å². The van der Waals surface area contributed by atoms with E-state index in [0.29, 0.717) is 13.1 Å². The molecule has 0 radical (unpaired) electrons. The number of benzene rings is 1. The number of carbonyl (C=O) groups excluding carboxylic acids is 1. The van der Waals surface area contributed by atoms with Crippen LogP contribution in [-0.4, -0.2) is 58.0 Å². The molecule has 1 N–H and O–H groups in total. The predicted molar refractivity (Wildman–Crippen MR) is 77.4 cm³/mol. The van der Waals surface area contributed by atoms with E-state index in [-0.39, 0.29) is 22.9 Å². The maximum atomic E-state index is 12.6. The number of nitro benzene ring substituents is 1. The first-order valence-corrected chi connectivity index (χ1v) is 6.70. The summed E-state index contributed by atoms with van der Waals surface area (Å²) in [5, 5.41) is 20.7. The van der Waals surface area contributed by atoms with Gasteiger partial charge in [0.2, 0.25) is 0 Å². The Hall–Kier alpha value is -2.15. The van der Waals surface area contributed by atoms with E-state index in [1.807, 2.05) is 20.9 Å². The number of nitrogens with zero attached hydrogens (tertiary/aromatic N) is 3. The van der Waals surface area contributed by atoms with Crippen LogP contribution in [0.15, 0.2) is 18.2 Å². The van der Waals surface area contributed by atoms with Crippen molar-refractivity contribution in [1.29, 1.82) is 0 Å². The maximum absolute atomic E-state index is 12.6. The molecule has 0 unspecified atom stereocenters. The van der Waals surface area contributed by atoms with Crippen molar-refractivity contribution in [3.8, 4) is 5.75 Å². The molecule has 1 heterocycles. The molecule has 7 nitrogen and oxygen atoms in total. The SMILES string of the molecule is CN1CCN(C(=O)c2cc([N+](=O)[O-])ccc2O)C(C)(C)C1. The van der Waals surface area contributed by atoms with Gasteiger partial charge in [-0.25, -0.2) is 0 Å². The molecule has 1 amide bonds. The zero-order valence-corrected chi connectivity index (χ0v) is 12.4. The van der Waals surface area contributed by atoms with Gasteiger partial charge in [0.1, 0.15) is 5.75 Å². The summed E-state index contributed by atoms with van der Waals surface area (Å²) in [5.41, 5.74) is -0.633. The fourth-order valence-corrected chi connectivity index (χ4v) is 2.73. The third-order valence-electron chi connectivity index (χ3n) is 3.76. The van der Waals surface area contributed by atoms with Crippen molar-refractivity contribution in [2.24, 2.45) is 0 Å². The Balaban J connectivity index is 2.35. The summed E-state index contributed by atoms with van der Waals surface area (Å²) in [4.78, 5) is 26.7. The molecule has 114 valence electrons. The van der Waals surface area contributed by atoms with E-state index in [2.05, 4.69) is 4.90 Å². The Morgan fingerprint density at radius 1 is 1.38 bits per heavy atom. The van der Waals surface area contributed by atoms with Gasteiger partial charge in [0, 0.05) is 31.8 Å². The minimum absolute atomic E-state index is 0.0261. The average Bonchev–Trinajstić information content (AvgIpc) is 2.37. The van der Waals surface area contributed by atoms with Crippen molar-refractivity contribution in [3.63, 3.8) is 0 Å². The Kier molecular flexibility index (Phi) is 3.87. The summed E-state index contributed by atoms with van der Waals surface area (Å²) in [6, 6.07) is 3.50. The van der Waals surface area contributed by atoms with Crippen molar-refractivity contribution in [2.75, 3.05) is 26.7 Å². The Morgan fingerprint density at radius 3 is 2.62 bits per heavy atom. The van der Waals surface area contributed by atoms with Gasteiger partial charge in [-0.3, -0.25) is 14.9 Å². The summed E-state index contributed by atoms with van der Waals surface area (Å²) in [5.74, 6) is -0.616. The van der Waals surface area contributed by atoms with E-state index in [9.17, 15) is 20.0 Å². The molecule has 1 aliphatic rings. The molecule has 0 aromatic heterocycles. The maximum Gasteiger partial charge on any atom is 0.270 e. The number of likely N-dealkylation sites (N-methyl/N-ethyl adjacent to an activating group) is 1. The van der Waals surface area contributed by atoms with Gasteiger partial charge in [0.05, 0.1) is 16.0 Å². The van der Waals surface area contributed by atoms with E-state index in [0.717, 1.165) is 12.6 Å². The molecule has 7 heteroatoms. The van der Waals surface area contributed by atoms with Crippen LogP contribution in [0.4, 0.5) is 5.69 Å². The van der Waals surface area contributed by atoms with Crippen LogP contribution in [0.3, 0.4) is 0 Å². The lowest BCUT2D eigenvalue weighted by Gasteiger charge is -2.46. The molecule has 2 rings (SSSR count). The first-order valence-electron chi connectivity index (χ1n) is 6.70. The lowest BCUT2D eigenvalue weighted by atomic mass is 9.97. The van der Waals surface area contributed by atoms with Gasteiger partial charge in [0.25, 0.3) is 11.6 Å². The lowest BCUT2D eigenvalue weighted by molar-refractivity contribution is -0.384. The number of piperazine rings is 1. The topological polar surface area (TPSA) is 86.9 Å². The smallest absolute Gasteiger partial charge is 0.270 e. The van der Waals surface area contributed by atoms with Crippen molar-refractivity contribution in [3.05, 3.63) is 33.9 Å². The molecule has 0 spiro atoms. The molecule has 0 atom stereocenters. The van der Waals surface area contributed by atoms with E-state index < -0.39 is 10.5 Å². The van der Waals surface area contributed by atoms with Gasteiger partial charge in [-0.1, -0.05) is 0 Å². The van der Waals surface area contributed by atoms with E-state index >= 15 is 0 Å². The molecule has 0 aliphatic carbocycles. The summed E-state index contributed by atoms with van der Waals surface area (Å²) in [6.07, 6.45) is 0. The first kappa shape index (κ1) is 15.2. The lowest BCUT2D eigenvalue weighted by Crippen LogP contribution is -2.60. The number of amides is 1. The third-order valence-corrected chi connectivity index (χ3v) is 3.76. The number of hydrogen-bond donors (Lipinski definition) is 1. The highest BCUT2D eigenvalue weighted by Gasteiger charge is 2.37. The van der Waals surface area contributed by atoms with Crippen molar-refractivity contribution in [2.45, 2.75) is 19.4 Å². The number of aromatic hydroxyl groups is 1. The van der Waals surface area contributed by atoms with E-state index in [1.165, 1.54) is 12.1 Å². The number of non-ortho nitro benzene ring substituents is 1. The minimum Gasteiger partial charge on any atom is -0.507 e. The predicted octanol–water partition coefficient (Wildman–Crippen LogP) is 1.47. The summed E-state index contributed by atoms with van der Waals surface area (Å²) < 4.78 is 0. The van der Waals surface area contributed by atoms with Crippen LogP contribution < -0.4 is 0 Å². The van der Waals surface area contributed by atoms with E-state index in [4.69, 9.17) is 0 Å². The largest absolute Gasteiger partial charge is 0.507 e. The summed E-state index contributed by atoms with van der Waals surface area (Å²) in [7, 11) is 1.98.